The summed E-state index contributed by atoms with van der Waals surface area (Å²) >= 11 is 0. The molecule has 1 aromatic carbocycles. The van der Waals surface area contributed by atoms with E-state index < -0.39 is 6.03 Å². The van der Waals surface area contributed by atoms with Crippen molar-refractivity contribution < 1.29 is 4.79 Å². The molecule has 3 N–H and O–H groups in total. The zero-order valence-corrected chi connectivity index (χ0v) is 8.42. The predicted molar refractivity (Wildman–Crippen MR) is 58.3 cm³/mol. The van der Waals surface area contributed by atoms with Gasteiger partial charge in [-0.15, -0.1) is 0 Å². The number of anilines is 1. The summed E-state index contributed by atoms with van der Waals surface area (Å²) in [7, 11) is 0. The van der Waals surface area contributed by atoms with Crippen LogP contribution in [0.4, 0.5) is 10.5 Å². The number of urea groups is 1. The third-order valence-electron chi connectivity index (χ3n) is 2.07. The Bertz CT molecular complexity index is 310. The summed E-state index contributed by atoms with van der Waals surface area (Å²) < 4.78 is 0. The van der Waals surface area contributed by atoms with Gasteiger partial charge in [0.15, 0.2) is 0 Å². The molecule has 3 heteroatoms. The zero-order valence-electron chi connectivity index (χ0n) is 8.42. The quantitative estimate of drug-likeness (QED) is 0.756. The number of primary amides is 1. The molecule has 0 spiro atoms. The monoisotopic (exact) mass is 192 g/mol. The van der Waals surface area contributed by atoms with Gasteiger partial charge in [0.25, 0.3) is 0 Å². The highest BCUT2D eigenvalue weighted by atomic mass is 16.2. The summed E-state index contributed by atoms with van der Waals surface area (Å²) in [6.07, 6.45) is 3.25. The average Bonchev–Trinajstić information content (AvgIpc) is 2.16. The predicted octanol–water partition coefficient (Wildman–Crippen LogP) is 2.52. The second-order valence-corrected chi connectivity index (χ2v) is 3.25. The third kappa shape index (κ3) is 3.09. The Balaban J connectivity index is 2.74. The smallest absolute Gasteiger partial charge is 0.316 e. The molecular weight excluding hydrogens is 176 g/mol. The Morgan fingerprint density at radius 3 is 2.79 bits per heavy atom. The molecule has 0 fully saturated rings. The van der Waals surface area contributed by atoms with E-state index in [4.69, 9.17) is 5.73 Å². The second kappa shape index (κ2) is 5.27. The molecule has 0 aliphatic rings. The molecule has 0 aliphatic heterocycles. The van der Waals surface area contributed by atoms with E-state index in [2.05, 4.69) is 12.2 Å². The topological polar surface area (TPSA) is 55.1 Å². The number of benzene rings is 1. The molecule has 0 saturated heterocycles. The molecule has 0 aromatic heterocycles. The fraction of sp³-hybridized carbons (Fsp3) is 0.364. The summed E-state index contributed by atoms with van der Waals surface area (Å²) in [6, 6.07) is 7.24. The molecule has 0 bridgehead atoms. The molecule has 0 saturated carbocycles. The van der Waals surface area contributed by atoms with E-state index in [9.17, 15) is 4.79 Å². The lowest BCUT2D eigenvalue weighted by Crippen LogP contribution is -2.20. The number of hydrogen-bond acceptors (Lipinski definition) is 1. The van der Waals surface area contributed by atoms with E-state index in [1.165, 1.54) is 0 Å². The number of carbonyl (C=O) groups is 1. The van der Waals surface area contributed by atoms with E-state index in [0.29, 0.717) is 0 Å². The summed E-state index contributed by atoms with van der Waals surface area (Å²) in [5.41, 5.74) is 7.05. The van der Waals surface area contributed by atoms with Crippen molar-refractivity contribution in [1.82, 2.24) is 0 Å². The summed E-state index contributed by atoms with van der Waals surface area (Å²) in [5.74, 6) is 0. The molecule has 1 rings (SSSR count). The maximum absolute atomic E-state index is 10.7. The van der Waals surface area contributed by atoms with E-state index in [0.717, 1.165) is 30.5 Å². The highest BCUT2D eigenvalue weighted by Gasteiger charge is 2.02. The Labute approximate surface area is 84.3 Å². The first-order chi connectivity index (χ1) is 6.74. The van der Waals surface area contributed by atoms with E-state index in [1.807, 2.05) is 24.3 Å². The molecule has 0 radical (unpaired) electrons. The van der Waals surface area contributed by atoms with Crippen molar-refractivity contribution in [2.75, 3.05) is 5.32 Å². The maximum Gasteiger partial charge on any atom is 0.316 e. The van der Waals surface area contributed by atoms with Crippen LogP contribution in [0.15, 0.2) is 24.3 Å². The van der Waals surface area contributed by atoms with Gasteiger partial charge >= 0.3 is 6.03 Å². The third-order valence-corrected chi connectivity index (χ3v) is 2.07. The molecule has 0 heterocycles. The van der Waals surface area contributed by atoms with E-state index in [1.54, 1.807) is 0 Å². The van der Waals surface area contributed by atoms with Crippen molar-refractivity contribution in [3.05, 3.63) is 29.8 Å². The first-order valence-corrected chi connectivity index (χ1v) is 4.88. The van der Waals surface area contributed by atoms with E-state index >= 15 is 0 Å². The number of carbonyl (C=O) groups excluding carboxylic acids is 1. The number of rotatable bonds is 4. The summed E-state index contributed by atoms with van der Waals surface area (Å²) in [6.45, 7) is 2.14. The van der Waals surface area contributed by atoms with Crippen molar-refractivity contribution in [3.8, 4) is 0 Å². The molecule has 3 nitrogen and oxygen atoms in total. The molecular formula is C11H16N2O. The van der Waals surface area contributed by atoms with Gasteiger partial charge in [-0.05, 0) is 24.5 Å². The van der Waals surface area contributed by atoms with Crippen LogP contribution in [0.5, 0.6) is 0 Å². The SMILES string of the molecule is CCCCc1ccccc1NC(N)=O. The van der Waals surface area contributed by atoms with Crippen LogP contribution in [0.25, 0.3) is 0 Å². The number of para-hydroxylation sites is 1. The van der Waals surface area contributed by atoms with Crippen LogP contribution < -0.4 is 11.1 Å². The van der Waals surface area contributed by atoms with Crippen LogP contribution in [0, 0.1) is 0 Å². The fourth-order valence-corrected chi connectivity index (χ4v) is 1.36. The van der Waals surface area contributed by atoms with Gasteiger partial charge in [-0.25, -0.2) is 4.79 Å². The van der Waals surface area contributed by atoms with Crippen LogP contribution >= 0.6 is 0 Å². The van der Waals surface area contributed by atoms with Gasteiger partial charge in [0.1, 0.15) is 0 Å². The Morgan fingerprint density at radius 2 is 2.14 bits per heavy atom. The Hall–Kier alpha value is -1.51. The number of nitrogens with one attached hydrogen (secondary N) is 1. The van der Waals surface area contributed by atoms with Crippen LogP contribution in [0.3, 0.4) is 0 Å². The first-order valence-electron chi connectivity index (χ1n) is 4.88. The minimum absolute atomic E-state index is 0.506. The second-order valence-electron chi connectivity index (χ2n) is 3.25. The van der Waals surface area contributed by atoms with Crippen molar-refractivity contribution in [1.29, 1.82) is 0 Å². The van der Waals surface area contributed by atoms with Gasteiger partial charge in [0.05, 0.1) is 0 Å². The van der Waals surface area contributed by atoms with Crippen molar-refractivity contribution in [2.45, 2.75) is 26.2 Å². The molecule has 76 valence electrons. The normalized spacial score (nSPS) is 9.79. The van der Waals surface area contributed by atoms with Gasteiger partial charge in [0.2, 0.25) is 0 Å². The lowest BCUT2D eigenvalue weighted by Gasteiger charge is -2.08. The standard InChI is InChI=1S/C11H16N2O/c1-2-3-6-9-7-4-5-8-10(9)13-11(12)14/h4-5,7-8H,2-3,6H2,1H3,(H3,12,13,14). The van der Waals surface area contributed by atoms with Gasteiger partial charge in [0, 0.05) is 5.69 Å². The summed E-state index contributed by atoms with van der Waals surface area (Å²) in [4.78, 5) is 10.7. The Kier molecular flexibility index (Phi) is 3.98. The van der Waals surface area contributed by atoms with Gasteiger partial charge in [-0.3, -0.25) is 0 Å². The van der Waals surface area contributed by atoms with Crippen molar-refractivity contribution in [2.24, 2.45) is 5.73 Å². The van der Waals surface area contributed by atoms with Gasteiger partial charge in [-0.1, -0.05) is 31.5 Å². The maximum atomic E-state index is 10.7. The molecule has 1 aromatic rings. The van der Waals surface area contributed by atoms with Crippen LogP contribution in [0.1, 0.15) is 25.3 Å². The number of nitrogens with two attached hydrogens (primary N) is 1. The van der Waals surface area contributed by atoms with Crippen LogP contribution in [0.2, 0.25) is 0 Å². The molecule has 0 atom stereocenters. The minimum atomic E-state index is -0.506. The zero-order chi connectivity index (χ0) is 10.4. The Morgan fingerprint density at radius 1 is 1.43 bits per heavy atom. The molecule has 2 amide bonds. The molecule has 0 aliphatic carbocycles. The molecule has 14 heavy (non-hydrogen) atoms. The van der Waals surface area contributed by atoms with Crippen molar-refractivity contribution >= 4 is 11.7 Å². The number of unbranched alkanes of at least 4 members (excludes halogenated alkanes) is 1. The fourth-order valence-electron chi connectivity index (χ4n) is 1.36. The van der Waals surface area contributed by atoms with E-state index in [-0.39, 0.29) is 0 Å². The minimum Gasteiger partial charge on any atom is -0.351 e. The first kappa shape index (κ1) is 10.6. The van der Waals surface area contributed by atoms with Crippen molar-refractivity contribution in [3.63, 3.8) is 0 Å². The van der Waals surface area contributed by atoms with Gasteiger partial charge in [-0.2, -0.15) is 0 Å². The van der Waals surface area contributed by atoms with Crippen LogP contribution in [-0.2, 0) is 6.42 Å². The lowest BCUT2D eigenvalue weighted by atomic mass is 10.1. The number of hydrogen-bond donors (Lipinski definition) is 2. The summed E-state index contributed by atoms with van der Waals surface area (Å²) in [5, 5.41) is 2.62. The highest BCUT2D eigenvalue weighted by Crippen LogP contribution is 2.16. The number of amides is 2. The molecule has 0 unspecified atom stereocenters. The van der Waals surface area contributed by atoms with Crippen LogP contribution in [-0.4, -0.2) is 6.03 Å². The average molecular weight is 192 g/mol. The highest BCUT2D eigenvalue weighted by molar-refractivity contribution is 5.88. The largest absolute Gasteiger partial charge is 0.351 e. The lowest BCUT2D eigenvalue weighted by molar-refractivity contribution is 0.259. The van der Waals surface area contributed by atoms with Gasteiger partial charge < -0.3 is 11.1 Å². The number of aryl methyl sites for hydroxylation is 1.